The highest BCUT2D eigenvalue weighted by molar-refractivity contribution is 7.92. The number of hydrogen-bond acceptors (Lipinski definition) is 3. The van der Waals surface area contributed by atoms with Gasteiger partial charge in [0.05, 0.1) is 11.3 Å². The predicted molar refractivity (Wildman–Crippen MR) is 64.8 cm³/mol. The van der Waals surface area contributed by atoms with E-state index in [1.807, 2.05) is 12.1 Å². The summed E-state index contributed by atoms with van der Waals surface area (Å²) in [5.41, 5.74) is 1.42. The van der Waals surface area contributed by atoms with Crippen molar-refractivity contribution >= 4 is 26.6 Å². The Balaban J connectivity index is 2.40. The highest BCUT2D eigenvalue weighted by atomic mass is 32.2. The van der Waals surface area contributed by atoms with Crippen LogP contribution < -0.4 is 4.72 Å². The van der Waals surface area contributed by atoms with Crippen LogP contribution >= 0.6 is 0 Å². The first-order valence-corrected chi connectivity index (χ1v) is 6.61. The molecular weight excluding hydrogens is 224 g/mol. The van der Waals surface area contributed by atoms with Crippen LogP contribution in [0, 0.1) is 0 Å². The van der Waals surface area contributed by atoms with Crippen LogP contribution in [-0.4, -0.2) is 19.2 Å². The molecule has 84 valence electrons. The lowest BCUT2D eigenvalue weighted by Crippen LogP contribution is -2.14. The molecule has 0 fully saturated rings. The monoisotopic (exact) mass is 236 g/mol. The van der Waals surface area contributed by atoms with Crippen molar-refractivity contribution in [3.63, 3.8) is 0 Å². The third-order valence-corrected chi connectivity index (χ3v) is 3.56. The quantitative estimate of drug-likeness (QED) is 0.886. The van der Waals surface area contributed by atoms with Gasteiger partial charge in [-0.15, -0.1) is 0 Å². The third-order valence-electron chi connectivity index (χ3n) is 2.26. The molecule has 2 aromatic rings. The van der Waals surface area contributed by atoms with Crippen LogP contribution in [0.2, 0.25) is 0 Å². The molecule has 2 rings (SSSR count). The van der Waals surface area contributed by atoms with Gasteiger partial charge in [-0.1, -0.05) is 6.07 Å². The van der Waals surface area contributed by atoms with Crippen molar-refractivity contribution in [2.24, 2.45) is 0 Å². The van der Waals surface area contributed by atoms with E-state index in [0.29, 0.717) is 5.69 Å². The molecule has 0 aliphatic rings. The van der Waals surface area contributed by atoms with E-state index in [1.54, 1.807) is 31.3 Å². The zero-order valence-corrected chi connectivity index (χ0v) is 9.66. The lowest BCUT2D eigenvalue weighted by molar-refractivity contribution is 0.602. The maximum absolute atomic E-state index is 11.4. The number of aromatic nitrogens is 1. The summed E-state index contributed by atoms with van der Waals surface area (Å²) in [5, 5.41) is 0.916. The smallest absolute Gasteiger partial charge is 0.232 e. The maximum atomic E-state index is 11.4. The minimum atomic E-state index is -3.21. The summed E-state index contributed by atoms with van der Waals surface area (Å²) >= 11 is 0. The summed E-state index contributed by atoms with van der Waals surface area (Å²) < 4.78 is 25.3. The number of sulfonamides is 1. The number of benzene rings is 1. The average molecular weight is 236 g/mol. The number of rotatable bonds is 3. The molecule has 0 saturated carbocycles. The van der Waals surface area contributed by atoms with Crippen LogP contribution in [0.25, 0.3) is 10.9 Å². The molecule has 4 nitrogen and oxygen atoms in total. The molecule has 1 heterocycles. The van der Waals surface area contributed by atoms with E-state index in [9.17, 15) is 8.42 Å². The average Bonchev–Trinajstić information content (AvgIpc) is 2.28. The molecule has 0 atom stereocenters. The minimum Gasteiger partial charge on any atom is -0.284 e. The maximum Gasteiger partial charge on any atom is 0.232 e. The third kappa shape index (κ3) is 2.30. The van der Waals surface area contributed by atoms with E-state index in [-0.39, 0.29) is 5.75 Å². The summed E-state index contributed by atoms with van der Waals surface area (Å²) in [6.07, 6.45) is 1.71. The molecule has 0 aliphatic carbocycles. The molecule has 0 saturated heterocycles. The van der Waals surface area contributed by atoms with Gasteiger partial charge < -0.3 is 0 Å². The summed E-state index contributed by atoms with van der Waals surface area (Å²) in [6, 6.07) is 8.99. The van der Waals surface area contributed by atoms with E-state index in [0.717, 1.165) is 10.9 Å². The highest BCUT2D eigenvalue weighted by Gasteiger charge is 2.06. The molecule has 16 heavy (non-hydrogen) atoms. The molecular formula is C11H12N2O2S. The molecule has 0 radical (unpaired) electrons. The van der Waals surface area contributed by atoms with Crippen LogP contribution in [0.4, 0.5) is 5.69 Å². The number of nitrogens with zero attached hydrogens (tertiary/aromatic N) is 1. The normalized spacial score (nSPS) is 11.6. The van der Waals surface area contributed by atoms with Crippen LogP contribution in [0.15, 0.2) is 36.5 Å². The van der Waals surface area contributed by atoms with E-state index < -0.39 is 10.0 Å². The van der Waals surface area contributed by atoms with Crippen LogP contribution in [0.1, 0.15) is 6.92 Å². The van der Waals surface area contributed by atoms with Gasteiger partial charge in [-0.25, -0.2) is 8.42 Å². The van der Waals surface area contributed by atoms with E-state index in [1.165, 1.54) is 0 Å². The Morgan fingerprint density at radius 1 is 1.31 bits per heavy atom. The van der Waals surface area contributed by atoms with E-state index in [2.05, 4.69) is 9.71 Å². The Bertz CT molecular complexity index is 608. The number of anilines is 1. The van der Waals surface area contributed by atoms with Gasteiger partial charge >= 0.3 is 0 Å². The number of pyridine rings is 1. The van der Waals surface area contributed by atoms with Crippen molar-refractivity contribution in [3.05, 3.63) is 36.5 Å². The van der Waals surface area contributed by atoms with Crippen LogP contribution in [-0.2, 0) is 10.0 Å². The van der Waals surface area contributed by atoms with Crippen molar-refractivity contribution in [2.75, 3.05) is 10.5 Å². The first-order chi connectivity index (χ1) is 7.61. The zero-order valence-electron chi connectivity index (χ0n) is 8.84. The summed E-state index contributed by atoms with van der Waals surface area (Å²) in [4.78, 5) is 4.16. The fourth-order valence-corrected chi connectivity index (χ4v) is 2.02. The Morgan fingerprint density at radius 3 is 2.88 bits per heavy atom. The molecule has 1 aromatic heterocycles. The number of hydrogen-bond donors (Lipinski definition) is 1. The first-order valence-electron chi connectivity index (χ1n) is 4.96. The van der Waals surface area contributed by atoms with Gasteiger partial charge in [0.1, 0.15) is 0 Å². The Morgan fingerprint density at radius 2 is 2.12 bits per heavy atom. The van der Waals surface area contributed by atoms with Crippen molar-refractivity contribution in [2.45, 2.75) is 6.92 Å². The van der Waals surface area contributed by atoms with Crippen LogP contribution in [0.5, 0.6) is 0 Å². The van der Waals surface area contributed by atoms with Crippen molar-refractivity contribution in [3.8, 4) is 0 Å². The number of nitrogens with one attached hydrogen (secondary N) is 1. The summed E-state index contributed by atoms with van der Waals surface area (Å²) in [7, 11) is -3.21. The SMILES string of the molecule is CCS(=O)(=O)Nc1ccc2ncccc2c1. The molecule has 5 heteroatoms. The molecule has 0 amide bonds. The Labute approximate surface area is 94.4 Å². The summed E-state index contributed by atoms with van der Waals surface area (Å²) in [6.45, 7) is 1.60. The van der Waals surface area contributed by atoms with Gasteiger partial charge in [0.15, 0.2) is 0 Å². The molecule has 0 aliphatic heterocycles. The van der Waals surface area contributed by atoms with Gasteiger partial charge in [0.25, 0.3) is 0 Å². The Kier molecular flexibility index (Phi) is 2.78. The zero-order chi connectivity index (χ0) is 11.6. The largest absolute Gasteiger partial charge is 0.284 e. The van der Waals surface area contributed by atoms with E-state index in [4.69, 9.17) is 0 Å². The Hall–Kier alpha value is -1.62. The van der Waals surface area contributed by atoms with Gasteiger partial charge in [0, 0.05) is 17.3 Å². The van der Waals surface area contributed by atoms with E-state index >= 15 is 0 Å². The molecule has 0 spiro atoms. The van der Waals surface area contributed by atoms with Gasteiger partial charge in [-0.05, 0) is 31.2 Å². The second-order valence-electron chi connectivity index (χ2n) is 3.42. The fourth-order valence-electron chi connectivity index (χ4n) is 1.39. The van der Waals surface area contributed by atoms with Gasteiger partial charge in [0.2, 0.25) is 10.0 Å². The second kappa shape index (κ2) is 4.09. The molecule has 0 bridgehead atoms. The lowest BCUT2D eigenvalue weighted by Gasteiger charge is -2.06. The van der Waals surface area contributed by atoms with Crippen molar-refractivity contribution < 1.29 is 8.42 Å². The highest BCUT2D eigenvalue weighted by Crippen LogP contribution is 2.17. The van der Waals surface area contributed by atoms with Crippen molar-refractivity contribution in [1.29, 1.82) is 0 Å². The predicted octanol–water partition coefficient (Wildman–Crippen LogP) is 2.00. The second-order valence-corrected chi connectivity index (χ2v) is 5.43. The van der Waals surface area contributed by atoms with Gasteiger partial charge in [-0.3, -0.25) is 9.71 Å². The first kappa shape index (κ1) is 10.9. The van der Waals surface area contributed by atoms with Gasteiger partial charge in [-0.2, -0.15) is 0 Å². The molecule has 1 aromatic carbocycles. The standard InChI is InChI=1S/C11H12N2O2S/c1-2-16(14,15)13-10-5-6-11-9(8-10)4-3-7-12-11/h3-8,13H,2H2,1H3. The van der Waals surface area contributed by atoms with Crippen molar-refractivity contribution in [1.82, 2.24) is 4.98 Å². The lowest BCUT2D eigenvalue weighted by atomic mass is 10.2. The summed E-state index contributed by atoms with van der Waals surface area (Å²) in [5.74, 6) is 0.0675. The fraction of sp³-hybridized carbons (Fsp3) is 0.182. The number of fused-ring (bicyclic) bond motifs is 1. The van der Waals surface area contributed by atoms with Crippen LogP contribution in [0.3, 0.4) is 0 Å². The molecule has 1 N–H and O–H groups in total. The topological polar surface area (TPSA) is 59.1 Å². The molecule has 0 unspecified atom stereocenters. The minimum absolute atomic E-state index is 0.0675.